The molecule has 0 spiro atoms. The number of halogens is 3. The van der Waals surface area contributed by atoms with Crippen LogP contribution < -0.4 is 10.6 Å². The molecule has 0 bridgehead atoms. The molecule has 1 unspecified atom stereocenters. The third-order valence-corrected chi connectivity index (χ3v) is 2.98. The van der Waals surface area contributed by atoms with Gasteiger partial charge in [-0.05, 0) is 24.5 Å². The fourth-order valence-corrected chi connectivity index (χ4v) is 1.87. The van der Waals surface area contributed by atoms with Gasteiger partial charge in [0.25, 0.3) is 0 Å². The number of amides is 1. The highest BCUT2D eigenvalue weighted by atomic mass is 19.4. The summed E-state index contributed by atoms with van der Waals surface area (Å²) in [5.41, 5.74) is -0.963. The van der Waals surface area contributed by atoms with Crippen LogP contribution in [0.15, 0.2) is 24.3 Å². The van der Waals surface area contributed by atoms with Crippen molar-refractivity contribution in [3.05, 3.63) is 29.8 Å². The molecule has 1 aromatic rings. The quantitative estimate of drug-likeness (QED) is 0.860. The van der Waals surface area contributed by atoms with E-state index >= 15 is 0 Å². The van der Waals surface area contributed by atoms with Crippen molar-refractivity contribution in [1.82, 2.24) is 5.32 Å². The molecule has 3 nitrogen and oxygen atoms in total. The van der Waals surface area contributed by atoms with Crippen molar-refractivity contribution in [2.45, 2.75) is 46.3 Å². The Bertz CT molecular complexity index is 507. The van der Waals surface area contributed by atoms with Crippen LogP contribution in [0.3, 0.4) is 0 Å². The van der Waals surface area contributed by atoms with E-state index in [1.807, 2.05) is 6.92 Å². The van der Waals surface area contributed by atoms with Gasteiger partial charge < -0.3 is 10.6 Å². The van der Waals surface area contributed by atoms with Gasteiger partial charge in [0, 0.05) is 19.0 Å². The second kappa shape index (κ2) is 7.13. The third-order valence-electron chi connectivity index (χ3n) is 2.98. The molecule has 1 rings (SSSR count). The largest absolute Gasteiger partial charge is 0.418 e. The van der Waals surface area contributed by atoms with Crippen LogP contribution in [-0.4, -0.2) is 18.5 Å². The summed E-state index contributed by atoms with van der Waals surface area (Å²) >= 11 is 0. The number of rotatable bonds is 5. The molecule has 22 heavy (non-hydrogen) atoms. The monoisotopic (exact) mass is 316 g/mol. The summed E-state index contributed by atoms with van der Waals surface area (Å²) in [5.74, 6) is -0.439. The molecular formula is C16H23F3N2O. The second-order valence-electron chi connectivity index (χ2n) is 6.64. The van der Waals surface area contributed by atoms with Gasteiger partial charge in [-0.1, -0.05) is 32.9 Å². The molecule has 1 amide bonds. The van der Waals surface area contributed by atoms with Crippen LogP contribution in [-0.2, 0) is 11.0 Å². The number of hydrogen-bond donors (Lipinski definition) is 2. The van der Waals surface area contributed by atoms with E-state index in [1.165, 1.54) is 18.2 Å². The molecule has 1 aromatic carbocycles. The maximum absolute atomic E-state index is 12.8. The average molecular weight is 316 g/mol. The van der Waals surface area contributed by atoms with Crippen LogP contribution in [0, 0.1) is 5.41 Å². The fraction of sp³-hybridized carbons (Fsp3) is 0.562. The number of para-hydroxylation sites is 1. The van der Waals surface area contributed by atoms with Gasteiger partial charge in [-0.15, -0.1) is 0 Å². The number of hydrogen-bond acceptors (Lipinski definition) is 2. The lowest BCUT2D eigenvalue weighted by Crippen LogP contribution is -2.36. The summed E-state index contributed by atoms with van der Waals surface area (Å²) in [5, 5.41) is 5.55. The van der Waals surface area contributed by atoms with Crippen LogP contribution in [0.25, 0.3) is 0 Å². The van der Waals surface area contributed by atoms with E-state index in [4.69, 9.17) is 0 Å². The summed E-state index contributed by atoms with van der Waals surface area (Å²) in [6, 6.07) is 4.86. The molecule has 0 aliphatic carbocycles. The molecule has 0 fully saturated rings. The maximum Gasteiger partial charge on any atom is 0.418 e. The SMILES string of the molecule is CC(CC(=O)Nc1ccccc1C(F)(F)F)NCC(C)(C)C. The van der Waals surface area contributed by atoms with Crippen molar-refractivity contribution < 1.29 is 18.0 Å². The van der Waals surface area contributed by atoms with Crippen molar-refractivity contribution in [3.63, 3.8) is 0 Å². The molecule has 0 saturated heterocycles. The Morgan fingerprint density at radius 3 is 2.32 bits per heavy atom. The van der Waals surface area contributed by atoms with E-state index in [0.29, 0.717) is 0 Å². The number of nitrogens with one attached hydrogen (secondary N) is 2. The maximum atomic E-state index is 12.8. The van der Waals surface area contributed by atoms with Crippen LogP contribution in [0.5, 0.6) is 0 Å². The molecule has 0 aliphatic rings. The Balaban J connectivity index is 2.63. The molecule has 0 aromatic heterocycles. The second-order valence-corrected chi connectivity index (χ2v) is 6.64. The number of anilines is 1. The summed E-state index contributed by atoms with van der Waals surface area (Å²) in [6.07, 6.45) is -4.37. The van der Waals surface area contributed by atoms with E-state index in [1.54, 1.807) is 0 Å². The highest BCUT2D eigenvalue weighted by Crippen LogP contribution is 2.34. The zero-order chi connectivity index (χ0) is 17.0. The minimum Gasteiger partial charge on any atom is -0.325 e. The molecular weight excluding hydrogens is 293 g/mol. The first-order chi connectivity index (χ1) is 9.99. The standard InChI is InChI=1S/C16H23F3N2O/c1-11(20-10-15(2,3)4)9-14(22)21-13-8-6-5-7-12(13)16(17,18)19/h5-8,11,20H,9-10H2,1-4H3,(H,21,22). The van der Waals surface area contributed by atoms with Crippen LogP contribution in [0.4, 0.5) is 18.9 Å². The molecule has 0 aliphatic heterocycles. The Kier molecular flexibility index (Phi) is 6.00. The molecule has 2 N–H and O–H groups in total. The highest BCUT2D eigenvalue weighted by molar-refractivity contribution is 5.92. The Labute approximate surface area is 129 Å². The Morgan fingerprint density at radius 2 is 1.77 bits per heavy atom. The van der Waals surface area contributed by atoms with Gasteiger partial charge in [-0.2, -0.15) is 13.2 Å². The molecule has 0 heterocycles. The molecule has 0 radical (unpaired) electrons. The van der Waals surface area contributed by atoms with Gasteiger partial charge in [0.2, 0.25) is 5.91 Å². The predicted molar refractivity (Wildman–Crippen MR) is 81.6 cm³/mol. The smallest absolute Gasteiger partial charge is 0.325 e. The first-order valence-electron chi connectivity index (χ1n) is 7.18. The Morgan fingerprint density at radius 1 is 1.18 bits per heavy atom. The number of carbonyl (C=O) groups is 1. The minimum atomic E-state index is -4.49. The van der Waals surface area contributed by atoms with E-state index in [2.05, 4.69) is 31.4 Å². The number of alkyl halides is 3. The van der Waals surface area contributed by atoms with Crippen molar-refractivity contribution in [3.8, 4) is 0 Å². The van der Waals surface area contributed by atoms with E-state index < -0.39 is 17.6 Å². The van der Waals surface area contributed by atoms with Crippen LogP contribution in [0.1, 0.15) is 39.7 Å². The van der Waals surface area contributed by atoms with Gasteiger partial charge >= 0.3 is 6.18 Å². The van der Waals surface area contributed by atoms with Gasteiger partial charge in [-0.25, -0.2) is 0 Å². The Hall–Kier alpha value is -1.56. The summed E-state index contributed by atoms with van der Waals surface area (Å²) in [7, 11) is 0. The van der Waals surface area contributed by atoms with Gasteiger partial charge in [0.05, 0.1) is 11.3 Å². The average Bonchev–Trinajstić information content (AvgIpc) is 2.34. The minimum absolute atomic E-state index is 0.0770. The van der Waals surface area contributed by atoms with E-state index in [9.17, 15) is 18.0 Å². The molecule has 1 atom stereocenters. The van der Waals surface area contributed by atoms with Crippen molar-refractivity contribution in [2.75, 3.05) is 11.9 Å². The zero-order valence-corrected chi connectivity index (χ0v) is 13.3. The lowest BCUT2D eigenvalue weighted by Gasteiger charge is -2.22. The first kappa shape index (κ1) is 18.5. The lowest BCUT2D eigenvalue weighted by molar-refractivity contribution is -0.137. The van der Waals surface area contributed by atoms with Gasteiger partial charge in [-0.3, -0.25) is 4.79 Å². The number of carbonyl (C=O) groups excluding carboxylic acids is 1. The van der Waals surface area contributed by atoms with E-state index in [-0.39, 0.29) is 23.6 Å². The van der Waals surface area contributed by atoms with Crippen molar-refractivity contribution in [2.24, 2.45) is 5.41 Å². The first-order valence-corrected chi connectivity index (χ1v) is 7.18. The zero-order valence-electron chi connectivity index (χ0n) is 13.3. The normalized spacial score (nSPS) is 13.8. The summed E-state index contributed by atoms with van der Waals surface area (Å²) in [4.78, 5) is 11.9. The van der Waals surface area contributed by atoms with E-state index in [0.717, 1.165) is 12.6 Å². The van der Waals surface area contributed by atoms with Gasteiger partial charge in [0.1, 0.15) is 0 Å². The number of benzene rings is 1. The molecule has 0 saturated carbocycles. The molecule has 6 heteroatoms. The summed E-state index contributed by atoms with van der Waals surface area (Å²) in [6.45, 7) is 8.74. The third kappa shape index (κ3) is 6.47. The van der Waals surface area contributed by atoms with Gasteiger partial charge in [0.15, 0.2) is 0 Å². The molecule has 124 valence electrons. The van der Waals surface area contributed by atoms with Crippen molar-refractivity contribution >= 4 is 11.6 Å². The fourth-order valence-electron chi connectivity index (χ4n) is 1.87. The summed E-state index contributed by atoms with van der Waals surface area (Å²) < 4.78 is 38.5. The predicted octanol–water partition coefficient (Wildman–Crippen LogP) is 4.06. The highest BCUT2D eigenvalue weighted by Gasteiger charge is 2.33. The van der Waals surface area contributed by atoms with Crippen molar-refractivity contribution in [1.29, 1.82) is 0 Å². The van der Waals surface area contributed by atoms with Crippen LogP contribution >= 0.6 is 0 Å². The topological polar surface area (TPSA) is 41.1 Å². The van der Waals surface area contributed by atoms with Crippen LogP contribution in [0.2, 0.25) is 0 Å². The lowest BCUT2D eigenvalue weighted by atomic mass is 9.96.